The molecule has 0 radical (unpaired) electrons. The minimum atomic E-state index is -1.17. The summed E-state index contributed by atoms with van der Waals surface area (Å²) >= 11 is 1.28. The van der Waals surface area contributed by atoms with E-state index in [1.807, 2.05) is 42.5 Å². The van der Waals surface area contributed by atoms with E-state index in [2.05, 4.69) is 15.6 Å². The highest BCUT2D eigenvalue weighted by molar-refractivity contribution is 8.02. The summed E-state index contributed by atoms with van der Waals surface area (Å²) < 4.78 is -1.17. The highest BCUT2D eigenvalue weighted by Crippen LogP contribution is 2.42. The minimum absolute atomic E-state index is 0.287. The van der Waals surface area contributed by atoms with E-state index in [1.165, 1.54) is 11.8 Å². The third-order valence-corrected chi connectivity index (χ3v) is 5.06. The molecule has 5 nitrogen and oxygen atoms in total. The molecule has 6 heteroatoms. The zero-order chi connectivity index (χ0) is 16.3. The van der Waals surface area contributed by atoms with E-state index in [0.29, 0.717) is 13.0 Å². The molecule has 1 aromatic carbocycles. The molecular formula is C17H17N3O2S. The Morgan fingerprint density at radius 3 is 2.83 bits per heavy atom. The highest BCUT2D eigenvalue weighted by atomic mass is 32.2. The van der Waals surface area contributed by atoms with Crippen LogP contribution >= 0.6 is 11.8 Å². The molecule has 2 aromatic rings. The molecule has 118 valence electrons. The summed E-state index contributed by atoms with van der Waals surface area (Å²) in [6.45, 7) is 2.10. The van der Waals surface area contributed by atoms with Gasteiger partial charge in [0.15, 0.2) is 4.75 Å². The van der Waals surface area contributed by atoms with Gasteiger partial charge < -0.3 is 10.6 Å². The average Bonchev–Trinajstić information content (AvgIpc) is 2.57. The van der Waals surface area contributed by atoms with E-state index in [4.69, 9.17) is 0 Å². The van der Waals surface area contributed by atoms with Crippen molar-refractivity contribution in [1.82, 2.24) is 10.3 Å². The number of amides is 2. The van der Waals surface area contributed by atoms with Crippen LogP contribution in [-0.4, -0.2) is 28.1 Å². The second kappa shape index (κ2) is 6.42. The van der Waals surface area contributed by atoms with Crippen molar-refractivity contribution in [2.75, 3.05) is 11.9 Å². The number of carbonyl (C=O) groups excluding carboxylic acids is 2. The highest BCUT2D eigenvalue weighted by Gasteiger charge is 2.45. The molecule has 2 N–H and O–H groups in total. The third kappa shape index (κ3) is 3.22. The molecule has 2 heterocycles. The van der Waals surface area contributed by atoms with E-state index < -0.39 is 4.75 Å². The Hall–Kier alpha value is -2.34. The summed E-state index contributed by atoms with van der Waals surface area (Å²) in [5.41, 5.74) is 1.66. The summed E-state index contributed by atoms with van der Waals surface area (Å²) in [6.07, 6.45) is 2.35. The molecule has 0 saturated heterocycles. The second-order valence-electron chi connectivity index (χ2n) is 5.41. The number of rotatable bonds is 4. The minimum Gasteiger partial charge on any atom is -0.354 e. The lowest BCUT2D eigenvalue weighted by molar-refractivity contribution is -0.129. The molecule has 0 fully saturated rings. The number of benzene rings is 1. The summed E-state index contributed by atoms with van der Waals surface area (Å²) in [4.78, 5) is 30.0. The van der Waals surface area contributed by atoms with Crippen molar-refractivity contribution in [3.8, 4) is 0 Å². The summed E-state index contributed by atoms with van der Waals surface area (Å²) in [5.74, 6) is -0.582. The van der Waals surface area contributed by atoms with Crippen molar-refractivity contribution in [3.05, 3.63) is 54.4 Å². The van der Waals surface area contributed by atoms with Gasteiger partial charge in [0.25, 0.3) is 0 Å². The standard InChI is InChI=1S/C17H17N3O2S/c1-17(15(21)19-11-9-12-6-4-5-10-18-12)16(22)20-13-7-2-3-8-14(13)23-17/h2-8,10H,9,11H2,1H3,(H,19,21)(H,20,22). The third-order valence-electron chi connectivity index (χ3n) is 3.71. The van der Waals surface area contributed by atoms with Crippen LogP contribution in [0.25, 0.3) is 0 Å². The van der Waals surface area contributed by atoms with Crippen LogP contribution in [0.15, 0.2) is 53.6 Å². The van der Waals surface area contributed by atoms with Crippen molar-refractivity contribution >= 4 is 29.3 Å². The fraction of sp³-hybridized carbons (Fsp3) is 0.235. The van der Waals surface area contributed by atoms with Gasteiger partial charge in [-0.15, -0.1) is 0 Å². The lowest BCUT2D eigenvalue weighted by Gasteiger charge is -2.31. The molecule has 3 rings (SSSR count). The van der Waals surface area contributed by atoms with Crippen LogP contribution in [0.3, 0.4) is 0 Å². The van der Waals surface area contributed by atoms with Crippen LogP contribution in [0.4, 0.5) is 5.69 Å². The van der Waals surface area contributed by atoms with Gasteiger partial charge in [0.05, 0.1) is 5.69 Å². The van der Waals surface area contributed by atoms with Crippen molar-refractivity contribution in [2.24, 2.45) is 0 Å². The number of nitrogens with zero attached hydrogens (tertiary/aromatic N) is 1. The molecule has 0 bridgehead atoms. The maximum absolute atomic E-state index is 12.5. The van der Waals surface area contributed by atoms with Gasteiger partial charge in [-0.1, -0.05) is 30.0 Å². The summed E-state index contributed by atoms with van der Waals surface area (Å²) in [5, 5.41) is 5.65. The van der Waals surface area contributed by atoms with Gasteiger partial charge in [-0.3, -0.25) is 14.6 Å². The molecule has 0 saturated carbocycles. The quantitative estimate of drug-likeness (QED) is 0.845. The predicted molar refractivity (Wildman–Crippen MR) is 90.3 cm³/mol. The number of pyridine rings is 1. The van der Waals surface area contributed by atoms with E-state index in [1.54, 1.807) is 13.1 Å². The van der Waals surface area contributed by atoms with Gasteiger partial charge in [-0.25, -0.2) is 0 Å². The molecular weight excluding hydrogens is 310 g/mol. The molecule has 23 heavy (non-hydrogen) atoms. The first-order valence-electron chi connectivity index (χ1n) is 7.37. The lowest BCUT2D eigenvalue weighted by atomic mass is 10.1. The van der Waals surface area contributed by atoms with Crippen LogP contribution in [0, 0.1) is 0 Å². The van der Waals surface area contributed by atoms with E-state index >= 15 is 0 Å². The monoisotopic (exact) mass is 327 g/mol. The number of hydrogen-bond acceptors (Lipinski definition) is 4. The molecule has 1 aromatic heterocycles. The predicted octanol–water partition coefficient (Wildman–Crippen LogP) is 2.24. The average molecular weight is 327 g/mol. The van der Waals surface area contributed by atoms with Gasteiger partial charge in [-0.2, -0.15) is 0 Å². The number of fused-ring (bicyclic) bond motifs is 1. The first kappa shape index (κ1) is 15.6. The molecule has 0 spiro atoms. The van der Waals surface area contributed by atoms with E-state index in [0.717, 1.165) is 16.3 Å². The summed E-state index contributed by atoms with van der Waals surface area (Å²) in [7, 11) is 0. The fourth-order valence-electron chi connectivity index (χ4n) is 2.33. The number of carbonyl (C=O) groups is 2. The van der Waals surface area contributed by atoms with Crippen molar-refractivity contribution in [3.63, 3.8) is 0 Å². The van der Waals surface area contributed by atoms with Gasteiger partial charge in [0, 0.05) is 29.8 Å². The van der Waals surface area contributed by atoms with Crippen molar-refractivity contribution in [1.29, 1.82) is 0 Å². The van der Waals surface area contributed by atoms with Crippen molar-refractivity contribution in [2.45, 2.75) is 23.0 Å². The first-order valence-corrected chi connectivity index (χ1v) is 8.19. The number of anilines is 1. The number of thioether (sulfide) groups is 1. The van der Waals surface area contributed by atoms with Gasteiger partial charge in [0.2, 0.25) is 11.8 Å². The van der Waals surface area contributed by atoms with Gasteiger partial charge in [-0.05, 0) is 31.2 Å². The Morgan fingerprint density at radius 1 is 1.26 bits per heavy atom. The molecule has 0 aliphatic carbocycles. The molecule has 2 amide bonds. The SMILES string of the molecule is CC1(C(=O)NCCc2ccccn2)Sc2ccccc2NC1=O. The van der Waals surface area contributed by atoms with E-state index in [-0.39, 0.29) is 11.8 Å². The van der Waals surface area contributed by atoms with Crippen LogP contribution in [0.1, 0.15) is 12.6 Å². The van der Waals surface area contributed by atoms with Crippen LogP contribution in [0.2, 0.25) is 0 Å². The zero-order valence-electron chi connectivity index (χ0n) is 12.7. The Labute approximate surface area is 138 Å². The fourth-order valence-corrected chi connectivity index (χ4v) is 3.46. The smallest absolute Gasteiger partial charge is 0.250 e. The number of hydrogen-bond donors (Lipinski definition) is 2. The Kier molecular flexibility index (Phi) is 4.34. The van der Waals surface area contributed by atoms with Gasteiger partial charge in [0.1, 0.15) is 0 Å². The lowest BCUT2D eigenvalue weighted by Crippen LogP contribution is -2.52. The maximum atomic E-state index is 12.5. The molecule has 1 unspecified atom stereocenters. The number of aromatic nitrogens is 1. The topological polar surface area (TPSA) is 71.1 Å². The van der Waals surface area contributed by atoms with Crippen LogP contribution in [0.5, 0.6) is 0 Å². The molecule has 1 aliphatic rings. The largest absolute Gasteiger partial charge is 0.354 e. The first-order chi connectivity index (χ1) is 11.1. The van der Waals surface area contributed by atoms with E-state index in [9.17, 15) is 9.59 Å². The number of para-hydroxylation sites is 1. The van der Waals surface area contributed by atoms with Gasteiger partial charge >= 0.3 is 0 Å². The van der Waals surface area contributed by atoms with Crippen LogP contribution < -0.4 is 10.6 Å². The molecule has 1 atom stereocenters. The maximum Gasteiger partial charge on any atom is 0.250 e. The zero-order valence-corrected chi connectivity index (χ0v) is 13.5. The Morgan fingerprint density at radius 2 is 2.04 bits per heavy atom. The molecule has 1 aliphatic heterocycles. The van der Waals surface area contributed by atoms with Crippen LogP contribution in [-0.2, 0) is 16.0 Å². The Bertz CT molecular complexity index is 736. The normalized spacial score (nSPS) is 19.6. The van der Waals surface area contributed by atoms with Crippen molar-refractivity contribution < 1.29 is 9.59 Å². The Balaban J connectivity index is 1.65. The summed E-state index contributed by atoms with van der Waals surface area (Å²) in [6, 6.07) is 13.2. The number of nitrogens with one attached hydrogen (secondary N) is 2. The second-order valence-corrected chi connectivity index (χ2v) is 6.87.